The number of nitrogens with one attached hydrogen (secondary N) is 6. The van der Waals surface area contributed by atoms with Crippen LogP contribution in [-0.4, -0.2) is 195 Å². The molecule has 0 saturated carbocycles. The normalized spacial score (nSPS) is 15.1. The van der Waals surface area contributed by atoms with E-state index in [1.165, 1.54) is 6.92 Å². The molecule has 0 unspecified atom stereocenters. The predicted octanol–water partition coefficient (Wildman–Crippen LogP) is 0.551. The summed E-state index contributed by atoms with van der Waals surface area (Å²) in [6.45, 7) is 10.9. The highest BCUT2D eigenvalue weighted by atomic mass is 16.5. The number of hydrogen-bond donors (Lipinski definition) is 12. The number of piperazine rings is 1. The number of methoxy groups -OCH3 is 1. The van der Waals surface area contributed by atoms with Crippen molar-refractivity contribution in [2.24, 2.45) is 68.1 Å². The lowest BCUT2D eigenvalue weighted by atomic mass is 9.87. The number of carbonyl (C=O) groups excluding carboxylic acids is 10. The third-order valence-corrected chi connectivity index (χ3v) is 16.8. The Balaban J connectivity index is 1.38. The number of ketones is 3. The fraction of sp³-hybridized carbons (Fsp3) is 0.536. The highest BCUT2D eigenvalue weighted by Crippen LogP contribution is 2.25. The van der Waals surface area contributed by atoms with Gasteiger partial charge in [0, 0.05) is 114 Å². The van der Waals surface area contributed by atoms with E-state index in [1.807, 2.05) is 68.4 Å². The van der Waals surface area contributed by atoms with E-state index in [-0.39, 0.29) is 107 Å². The van der Waals surface area contributed by atoms with E-state index in [0.29, 0.717) is 38.5 Å². The molecule has 0 spiro atoms. The zero-order valence-electron chi connectivity index (χ0n) is 56.5. The number of aliphatic imine (C=N–C) groups is 2. The molecule has 7 amide bonds. The zero-order valence-corrected chi connectivity index (χ0v) is 56.5. The summed E-state index contributed by atoms with van der Waals surface area (Å²) in [7, 11) is 1.64. The topological polar surface area (TPSA) is 452 Å². The number of ether oxygens (including phenoxy) is 2. The first-order valence-electron chi connectivity index (χ1n) is 33.3. The molecule has 28 heteroatoms. The zero-order chi connectivity index (χ0) is 70.8. The number of para-hydroxylation sites is 1. The standard InChI is InChI=1S/C69H102N16O12/c1-44(2)34-55(82-66(94)49(38-50-42-78-52-21-12-11-20-51(50)52)40-60(88)56(37-47-18-9-6-10-19-47)79-62(90)43-85-29-27-84(28-30-85)26-15-31-97-33-32-96-4)59(87)39-48(36-46-16-7-5-8-17-46)65(93)80-53(22-13-24-76-68(72)73)58(86)35-45(3)64(92)81-54(23-14-25-77-69(74)75)67(95)83-57(63(71)91)41-61(70)89/h5-12,16-21,42,44-45,48-49,53-57,78H,13-15,22-41,43H2,1-4H3,(H2,70,89)(H2,71,91)(H,79,90)(H,80,93)(H,81,92)(H,82,94)(H,83,95)(H4,72,73,76)(H4,74,75,77)/t45-,48-,49-,53+,54+,55+,56+,57+/m1/s1. The molecule has 28 nitrogen and oxygen atoms in total. The number of guanidine groups is 2. The SMILES string of the molecule is COCCOCCCN1CCN(CC(=O)N[C@@H](Cc2ccccc2)C(=O)C[C@@H](Cc2c[nH]c3ccccc23)C(=O)N[C@@H](CC(C)C)C(=O)C[C@@H](Cc2ccccc2)C(=O)N[C@@H](CCCN=C(N)N)C(=O)C[C@@H](C)C(=O)N[C@@H](CCCN=C(N)N)C(=O)N[C@@H](CC(N)=O)C(N)=O)CC1. The Kier molecular flexibility index (Phi) is 33.8. The van der Waals surface area contributed by atoms with Gasteiger partial charge in [0.1, 0.15) is 12.1 Å². The second kappa shape index (κ2) is 41.8. The van der Waals surface area contributed by atoms with Crippen molar-refractivity contribution in [1.82, 2.24) is 41.4 Å². The summed E-state index contributed by atoms with van der Waals surface area (Å²) in [6, 6.07) is 19.6. The van der Waals surface area contributed by atoms with Crippen LogP contribution in [0.25, 0.3) is 10.9 Å². The second-order valence-corrected chi connectivity index (χ2v) is 25.3. The van der Waals surface area contributed by atoms with Gasteiger partial charge in [-0.05, 0) is 86.5 Å². The minimum Gasteiger partial charge on any atom is -0.382 e. The number of aromatic amines is 1. The molecule has 1 aliphatic heterocycles. The number of nitrogens with zero attached hydrogens (tertiary/aromatic N) is 4. The van der Waals surface area contributed by atoms with E-state index in [0.717, 1.165) is 48.1 Å². The lowest BCUT2D eigenvalue weighted by Gasteiger charge is -2.34. The largest absolute Gasteiger partial charge is 0.382 e. The van der Waals surface area contributed by atoms with Gasteiger partial charge < -0.3 is 80.3 Å². The molecule has 530 valence electrons. The monoisotopic (exact) mass is 1350 g/mol. The summed E-state index contributed by atoms with van der Waals surface area (Å²) in [5.74, 6) is -10.5. The lowest BCUT2D eigenvalue weighted by Crippen LogP contribution is -2.54. The fourth-order valence-electron chi connectivity index (χ4n) is 11.6. The Labute approximate surface area is 567 Å². The Bertz CT molecular complexity index is 3260. The highest BCUT2D eigenvalue weighted by molar-refractivity contribution is 5.99. The van der Waals surface area contributed by atoms with Crippen molar-refractivity contribution in [3.8, 4) is 0 Å². The molecule has 1 aliphatic rings. The molecule has 1 fully saturated rings. The third kappa shape index (κ3) is 29.0. The summed E-state index contributed by atoms with van der Waals surface area (Å²) in [4.78, 5) is 156. The molecule has 18 N–H and O–H groups in total. The van der Waals surface area contributed by atoms with Crippen molar-refractivity contribution in [2.75, 3.05) is 79.3 Å². The molecule has 97 heavy (non-hydrogen) atoms. The van der Waals surface area contributed by atoms with E-state index in [9.17, 15) is 38.4 Å². The Morgan fingerprint density at radius 2 is 1.05 bits per heavy atom. The maximum atomic E-state index is 15.2. The van der Waals surface area contributed by atoms with Crippen LogP contribution >= 0.6 is 0 Å². The molecule has 0 bridgehead atoms. The molecule has 3 aromatic carbocycles. The van der Waals surface area contributed by atoms with Gasteiger partial charge in [-0.2, -0.15) is 0 Å². The number of H-pyrrole nitrogens is 1. The first-order valence-corrected chi connectivity index (χ1v) is 33.3. The summed E-state index contributed by atoms with van der Waals surface area (Å²) < 4.78 is 10.7. The average Bonchev–Trinajstić information content (AvgIpc) is 1.75. The van der Waals surface area contributed by atoms with E-state index in [2.05, 4.69) is 51.4 Å². The minimum atomic E-state index is -1.49. The number of primary amides is 2. The van der Waals surface area contributed by atoms with Crippen LogP contribution in [0.1, 0.15) is 102 Å². The van der Waals surface area contributed by atoms with Crippen molar-refractivity contribution in [3.63, 3.8) is 0 Å². The summed E-state index contributed by atoms with van der Waals surface area (Å²) in [6.07, 6.45) is 1.64. The van der Waals surface area contributed by atoms with Crippen molar-refractivity contribution in [2.45, 2.75) is 134 Å². The van der Waals surface area contributed by atoms with Gasteiger partial charge in [0.05, 0.1) is 44.3 Å². The van der Waals surface area contributed by atoms with E-state index in [4.69, 9.17) is 43.9 Å². The van der Waals surface area contributed by atoms with Gasteiger partial charge in [0.15, 0.2) is 29.3 Å². The van der Waals surface area contributed by atoms with Gasteiger partial charge in [-0.25, -0.2) is 0 Å². The predicted molar refractivity (Wildman–Crippen MR) is 369 cm³/mol. The molecule has 5 rings (SSSR count). The van der Waals surface area contributed by atoms with Gasteiger partial charge in [-0.3, -0.25) is 62.8 Å². The molecule has 0 aliphatic carbocycles. The van der Waals surface area contributed by atoms with Gasteiger partial charge in [-0.15, -0.1) is 0 Å². The Morgan fingerprint density at radius 1 is 0.526 bits per heavy atom. The number of fused-ring (bicyclic) bond motifs is 1. The number of Topliss-reactive ketones (excluding diaryl/α,β-unsaturated/α-hetero) is 3. The summed E-state index contributed by atoms with van der Waals surface area (Å²) >= 11 is 0. The Hall–Kier alpha value is -9.12. The van der Waals surface area contributed by atoms with Crippen LogP contribution in [0.15, 0.2) is 101 Å². The first-order chi connectivity index (χ1) is 46.4. The molecule has 8 atom stereocenters. The summed E-state index contributed by atoms with van der Waals surface area (Å²) in [5.41, 5.74) is 36.0. The molecular formula is C69H102N16O12. The highest BCUT2D eigenvalue weighted by Gasteiger charge is 2.36. The fourth-order valence-corrected chi connectivity index (χ4v) is 11.6. The van der Waals surface area contributed by atoms with Gasteiger partial charge >= 0.3 is 0 Å². The molecule has 0 radical (unpaired) electrons. The molecular weight excluding hydrogens is 1240 g/mol. The molecule has 1 saturated heterocycles. The third-order valence-electron chi connectivity index (χ3n) is 16.8. The van der Waals surface area contributed by atoms with E-state index in [1.54, 1.807) is 43.6 Å². The van der Waals surface area contributed by atoms with Crippen molar-refractivity contribution in [3.05, 3.63) is 108 Å². The van der Waals surface area contributed by atoms with Crippen molar-refractivity contribution >= 4 is 81.5 Å². The van der Waals surface area contributed by atoms with Crippen LogP contribution in [-0.2, 0) is 76.7 Å². The van der Waals surface area contributed by atoms with Crippen LogP contribution in [0.5, 0.6) is 0 Å². The number of carbonyl (C=O) groups is 10. The second-order valence-electron chi connectivity index (χ2n) is 25.3. The average molecular weight is 1350 g/mol. The number of rotatable bonds is 46. The number of amides is 7. The van der Waals surface area contributed by atoms with Crippen LogP contribution in [0, 0.1) is 23.7 Å². The summed E-state index contributed by atoms with van der Waals surface area (Å²) in [5, 5.41) is 14.7. The lowest BCUT2D eigenvalue weighted by molar-refractivity contribution is -0.136. The van der Waals surface area contributed by atoms with Crippen molar-refractivity contribution in [1.29, 1.82) is 0 Å². The number of benzene rings is 3. The minimum absolute atomic E-state index is 0.00471. The smallest absolute Gasteiger partial charge is 0.243 e. The van der Waals surface area contributed by atoms with Crippen LogP contribution in [0.2, 0.25) is 0 Å². The van der Waals surface area contributed by atoms with E-state index < -0.39 is 114 Å². The number of hydrogen-bond acceptors (Lipinski definition) is 16. The van der Waals surface area contributed by atoms with Crippen LogP contribution in [0.4, 0.5) is 0 Å². The maximum absolute atomic E-state index is 15.2. The maximum Gasteiger partial charge on any atom is 0.243 e. The molecule has 1 aromatic heterocycles. The van der Waals surface area contributed by atoms with Gasteiger partial charge in [-0.1, -0.05) is 99.6 Å². The Morgan fingerprint density at radius 3 is 1.64 bits per heavy atom. The van der Waals surface area contributed by atoms with Gasteiger partial charge in [0.2, 0.25) is 41.4 Å². The van der Waals surface area contributed by atoms with Crippen molar-refractivity contribution < 1.29 is 57.4 Å². The first kappa shape index (κ1) is 78.6. The number of aromatic nitrogens is 1. The van der Waals surface area contributed by atoms with E-state index >= 15 is 9.59 Å². The van der Waals surface area contributed by atoms with Crippen LogP contribution < -0.4 is 61.0 Å². The molecule has 2 heterocycles. The quantitative estimate of drug-likeness (QED) is 0.0163. The molecule has 4 aromatic rings. The number of nitrogens with two attached hydrogens (primary N) is 6. The van der Waals surface area contributed by atoms with Gasteiger partial charge in [0.25, 0.3) is 0 Å². The van der Waals surface area contributed by atoms with Crippen LogP contribution in [0.3, 0.4) is 0 Å².